The third-order valence-corrected chi connectivity index (χ3v) is 6.12. The topological polar surface area (TPSA) is 94.1 Å². The number of alkyl halides is 3. The van der Waals surface area contributed by atoms with E-state index in [1.807, 2.05) is 0 Å². The highest BCUT2D eigenvalue weighted by Gasteiger charge is 2.44. The molecule has 2 fully saturated rings. The number of rotatable bonds is 6. The molecule has 1 saturated carbocycles. The van der Waals surface area contributed by atoms with Crippen molar-refractivity contribution in [1.29, 1.82) is 0 Å². The largest absolute Gasteiger partial charge is 0.424 e. The second-order valence-electron chi connectivity index (χ2n) is 8.35. The Morgan fingerprint density at radius 2 is 1.97 bits per heavy atom. The van der Waals surface area contributed by atoms with E-state index in [1.165, 1.54) is 6.07 Å². The first kappa shape index (κ1) is 21.8. The Morgan fingerprint density at radius 3 is 2.61 bits per heavy atom. The van der Waals surface area contributed by atoms with Crippen molar-refractivity contribution in [3.8, 4) is 11.8 Å². The van der Waals surface area contributed by atoms with Gasteiger partial charge in [0.15, 0.2) is 5.82 Å². The zero-order chi connectivity index (χ0) is 23.2. The molecular formula is C20H21ClF3N7O2. The molecule has 5 rings (SSSR count). The summed E-state index contributed by atoms with van der Waals surface area (Å²) in [7, 11) is 0. The lowest BCUT2D eigenvalue weighted by atomic mass is 9.92. The molecule has 13 heteroatoms. The smallest absolute Gasteiger partial charge is 0.408 e. The third kappa shape index (κ3) is 4.85. The van der Waals surface area contributed by atoms with Crippen LogP contribution in [0.5, 0.6) is 11.8 Å². The Bertz CT molecular complexity index is 1120. The SMILES string of the molecule is Cc1noc(N2C[C@H]3CC[C@@H](C2)[C@H]3Nc2nc(Oc3cccc(Cl)c3)n(CC(F)(F)F)n2)n1. The van der Waals surface area contributed by atoms with E-state index < -0.39 is 12.7 Å². The summed E-state index contributed by atoms with van der Waals surface area (Å²) in [5.41, 5.74) is 0. The van der Waals surface area contributed by atoms with Gasteiger partial charge in [-0.3, -0.25) is 0 Å². The van der Waals surface area contributed by atoms with Crippen LogP contribution in [-0.2, 0) is 6.54 Å². The molecule has 2 aromatic heterocycles. The minimum atomic E-state index is -4.48. The van der Waals surface area contributed by atoms with Gasteiger partial charge < -0.3 is 19.5 Å². The lowest BCUT2D eigenvalue weighted by molar-refractivity contribution is -0.143. The van der Waals surface area contributed by atoms with Gasteiger partial charge in [0.05, 0.1) is 0 Å². The molecule has 1 aliphatic carbocycles. The second-order valence-corrected chi connectivity index (χ2v) is 8.78. The average Bonchev–Trinajstić information content (AvgIpc) is 3.37. The molecular weight excluding hydrogens is 463 g/mol. The number of benzene rings is 1. The maximum Gasteiger partial charge on any atom is 0.408 e. The molecule has 1 saturated heterocycles. The summed E-state index contributed by atoms with van der Waals surface area (Å²) in [6.07, 6.45) is -2.54. The number of anilines is 2. The summed E-state index contributed by atoms with van der Waals surface area (Å²) >= 11 is 5.95. The van der Waals surface area contributed by atoms with E-state index in [1.54, 1.807) is 25.1 Å². The monoisotopic (exact) mass is 483 g/mol. The van der Waals surface area contributed by atoms with Gasteiger partial charge in [-0.1, -0.05) is 22.8 Å². The fourth-order valence-electron chi connectivity index (χ4n) is 4.55. The molecule has 3 aromatic rings. The van der Waals surface area contributed by atoms with Crippen molar-refractivity contribution in [3.63, 3.8) is 0 Å². The highest BCUT2D eigenvalue weighted by Crippen LogP contribution is 2.40. The lowest BCUT2D eigenvalue weighted by Crippen LogP contribution is -2.48. The number of piperidine rings is 1. The molecule has 0 spiro atoms. The van der Waals surface area contributed by atoms with Crippen LogP contribution in [0, 0.1) is 18.8 Å². The molecule has 2 aliphatic rings. The number of nitrogens with zero attached hydrogens (tertiary/aromatic N) is 6. The van der Waals surface area contributed by atoms with Crippen molar-refractivity contribution in [3.05, 3.63) is 35.1 Å². The van der Waals surface area contributed by atoms with Crippen molar-refractivity contribution in [2.24, 2.45) is 11.8 Å². The first-order valence-electron chi connectivity index (χ1n) is 10.5. The van der Waals surface area contributed by atoms with Crippen LogP contribution in [-0.4, -0.2) is 50.2 Å². The molecule has 3 heterocycles. The van der Waals surface area contributed by atoms with Crippen LogP contribution in [0.15, 0.2) is 28.8 Å². The predicted molar refractivity (Wildman–Crippen MR) is 112 cm³/mol. The number of hydrogen-bond acceptors (Lipinski definition) is 8. The molecule has 1 aliphatic heterocycles. The average molecular weight is 484 g/mol. The summed E-state index contributed by atoms with van der Waals surface area (Å²) in [4.78, 5) is 10.6. The first-order chi connectivity index (χ1) is 15.7. The Hall–Kier alpha value is -3.02. The minimum Gasteiger partial charge on any atom is -0.424 e. The number of hydrogen-bond donors (Lipinski definition) is 1. The van der Waals surface area contributed by atoms with E-state index in [0.717, 1.165) is 12.8 Å². The van der Waals surface area contributed by atoms with Gasteiger partial charge in [0, 0.05) is 24.2 Å². The minimum absolute atomic E-state index is 0.0195. The van der Waals surface area contributed by atoms with Crippen LogP contribution in [0.3, 0.4) is 0 Å². The third-order valence-electron chi connectivity index (χ3n) is 5.89. The van der Waals surface area contributed by atoms with Crippen LogP contribution in [0.25, 0.3) is 0 Å². The van der Waals surface area contributed by atoms with E-state index >= 15 is 0 Å². The Labute approximate surface area is 191 Å². The summed E-state index contributed by atoms with van der Waals surface area (Å²) in [5.74, 6) is 1.42. The molecule has 3 atom stereocenters. The van der Waals surface area contributed by atoms with Crippen molar-refractivity contribution in [2.75, 3.05) is 23.3 Å². The zero-order valence-corrected chi connectivity index (χ0v) is 18.3. The maximum atomic E-state index is 13.1. The number of aromatic nitrogens is 5. The highest BCUT2D eigenvalue weighted by molar-refractivity contribution is 6.30. The van der Waals surface area contributed by atoms with Crippen LogP contribution in [0.1, 0.15) is 18.7 Å². The summed E-state index contributed by atoms with van der Waals surface area (Å²) in [6.45, 7) is 1.84. The summed E-state index contributed by atoms with van der Waals surface area (Å²) in [6, 6.07) is 6.61. The normalized spacial score (nSPS) is 22.6. The molecule has 1 aromatic carbocycles. The van der Waals surface area contributed by atoms with E-state index in [4.69, 9.17) is 20.9 Å². The van der Waals surface area contributed by atoms with E-state index in [-0.39, 0.29) is 35.6 Å². The zero-order valence-electron chi connectivity index (χ0n) is 17.6. The Kier molecular flexibility index (Phi) is 5.55. The van der Waals surface area contributed by atoms with Crippen molar-refractivity contribution < 1.29 is 22.4 Å². The summed E-state index contributed by atoms with van der Waals surface area (Å²) in [5, 5.41) is 11.5. The molecule has 2 bridgehead atoms. The number of ether oxygens (including phenoxy) is 1. The van der Waals surface area contributed by atoms with Gasteiger partial charge in [0.2, 0.25) is 5.95 Å². The molecule has 33 heavy (non-hydrogen) atoms. The van der Waals surface area contributed by atoms with Crippen molar-refractivity contribution in [2.45, 2.75) is 38.5 Å². The highest BCUT2D eigenvalue weighted by atomic mass is 35.5. The predicted octanol–water partition coefficient (Wildman–Crippen LogP) is 4.30. The fraction of sp³-hybridized carbons (Fsp3) is 0.500. The quantitative estimate of drug-likeness (QED) is 0.554. The van der Waals surface area contributed by atoms with Gasteiger partial charge in [0.25, 0.3) is 0 Å². The molecule has 0 amide bonds. The van der Waals surface area contributed by atoms with Gasteiger partial charge in [0.1, 0.15) is 12.3 Å². The first-order valence-corrected chi connectivity index (χ1v) is 10.9. The van der Waals surface area contributed by atoms with Gasteiger partial charge >= 0.3 is 18.2 Å². The fourth-order valence-corrected chi connectivity index (χ4v) is 4.73. The lowest BCUT2D eigenvalue weighted by Gasteiger charge is -2.37. The molecule has 9 nitrogen and oxygen atoms in total. The van der Waals surface area contributed by atoms with Crippen LogP contribution in [0.4, 0.5) is 25.1 Å². The number of aryl methyl sites for hydroxylation is 1. The van der Waals surface area contributed by atoms with E-state index in [0.29, 0.717) is 34.6 Å². The number of halogens is 4. The summed E-state index contributed by atoms with van der Waals surface area (Å²) < 4.78 is 51.0. The molecule has 1 N–H and O–H groups in total. The van der Waals surface area contributed by atoms with Gasteiger partial charge in [-0.05, 0) is 49.8 Å². The van der Waals surface area contributed by atoms with E-state index in [9.17, 15) is 13.2 Å². The van der Waals surface area contributed by atoms with Crippen LogP contribution in [0.2, 0.25) is 5.02 Å². The standard InChI is InChI=1S/C20H21ClF3N7O2/c1-11-25-18(33-29-11)30-8-12-5-6-13(9-30)16(12)26-17-27-19(31(28-17)10-20(22,23)24)32-15-4-2-3-14(21)7-15/h2-4,7,12-13,16H,5-6,8-10H2,1H3,(H,26,28)/t12-,13+,16+. The van der Waals surface area contributed by atoms with Gasteiger partial charge in [-0.25, -0.2) is 4.68 Å². The van der Waals surface area contributed by atoms with E-state index in [2.05, 4.69) is 30.4 Å². The second kappa shape index (κ2) is 8.40. The Balaban J connectivity index is 1.34. The number of nitrogens with one attached hydrogen (secondary N) is 1. The van der Waals surface area contributed by atoms with Gasteiger partial charge in [-0.2, -0.15) is 23.1 Å². The van der Waals surface area contributed by atoms with Crippen molar-refractivity contribution >= 4 is 23.6 Å². The maximum absolute atomic E-state index is 13.1. The Morgan fingerprint density at radius 1 is 1.21 bits per heavy atom. The van der Waals surface area contributed by atoms with Gasteiger partial charge in [-0.15, -0.1) is 5.10 Å². The molecule has 176 valence electrons. The van der Waals surface area contributed by atoms with Crippen LogP contribution < -0.4 is 15.0 Å². The van der Waals surface area contributed by atoms with Crippen molar-refractivity contribution in [1.82, 2.24) is 24.9 Å². The number of fused-ring (bicyclic) bond motifs is 2. The molecule has 0 unspecified atom stereocenters. The van der Waals surface area contributed by atoms with Crippen LogP contribution >= 0.6 is 11.6 Å². The molecule has 0 radical (unpaired) electrons.